The van der Waals surface area contributed by atoms with Gasteiger partial charge in [0.2, 0.25) is 5.91 Å². The number of urea groups is 1. The Morgan fingerprint density at radius 2 is 1.44 bits per heavy atom. The van der Waals surface area contributed by atoms with E-state index in [2.05, 4.69) is 26.6 Å². The van der Waals surface area contributed by atoms with Gasteiger partial charge in [0.25, 0.3) is 5.91 Å². The van der Waals surface area contributed by atoms with E-state index >= 15 is 0 Å². The van der Waals surface area contributed by atoms with Crippen LogP contribution in [0.5, 0.6) is 5.75 Å². The number of methoxy groups -OCH3 is 1. The molecule has 3 aromatic rings. The molecule has 0 aromatic heterocycles. The maximum absolute atomic E-state index is 13.8. The minimum Gasteiger partial charge on any atom is -0.497 e. The van der Waals surface area contributed by atoms with Crippen molar-refractivity contribution >= 4 is 41.4 Å². The Balaban J connectivity index is 1.62. The van der Waals surface area contributed by atoms with E-state index in [1.807, 2.05) is 6.92 Å². The smallest absolute Gasteiger partial charge is 0.412 e. The molecule has 3 aromatic carbocycles. The first-order valence-electron chi connectivity index (χ1n) is 16.0. The summed E-state index contributed by atoms with van der Waals surface area (Å²) in [7, 11) is 1.51. The molecule has 0 unspecified atom stereocenters. The van der Waals surface area contributed by atoms with Crippen molar-refractivity contribution < 1.29 is 43.3 Å². The third kappa shape index (κ3) is 10.6. The van der Waals surface area contributed by atoms with E-state index in [0.717, 1.165) is 0 Å². The van der Waals surface area contributed by atoms with Crippen molar-refractivity contribution in [2.75, 3.05) is 24.3 Å². The van der Waals surface area contributed by atoms with Crippen LogP contribution in [0, 0.1) is 0 Å². The number of carbonyl (C=O) groups is 5. The molecular formula is C35H42N6O9. The average Bonchev–Trinajstić information content (AvgIpc) is 3.09. The standard InChI is InChI=1S/C35H42N6O9/c1-3-18-37-32(44)41-27-20-35(47,31(43)40-26(30(36)42)19-22-14-16-25(48-2)17-15-22)21-28(49-33(45)38-23-10-6-4-7-11-23)29(27)50-34(46)39-24-12-8-5-9-13-24/h4-17,26-29,47H,3,18-21H2,1-2H3,(H2,36,42)(H,38,45)(H,39,46)(H,40,43)(H2,37,41,44)/t26-,27-,28+,29+,35-/m0/s1. The molecule has 266 valence electrons. The Bertz CT molecular complexity index is 1610. The number of anilines is 2. The van der Waals surface area contributed by atoms with Gasteiger partial charge >= 0.3 is 18.2 Å². The monoisotopic (exact) mass is 690 g/mol. The number of amides is 6. The van der Waals surface area contributed by atoms with E-state index < -0.39 is 72.8 Å². The topological polar surface area (TPSA) is 219 Å². The minimum atomic E-state index is -2.34. The van der Waals surface area contributed by atoms with Gasteiger partial charge in [0.05, 0.1) is 13.2 Å². The zero-order valence-corrected chi connectivity index (χ0v) is 27.7. The summed E-state index contributed by atoms with van der Waals surface area (Å²) in [6.07, 6.45) is -5.25. The molecule has 15 heteroatoms. The number of hydrogen-bond acceptors (Lipinski definition) is 9. The summed E-state index contributed by atoms with van der Waals surface area (Å²) in [6, 6.07) is 20.3. The Kier molecular flexibility index (Phi) is 13.0. The highest BCUT2D eigenvalue weighted by molar-refractivity contribution is 5.91. The Morgan fingerprint density at radius 3 is 1.98 bits per heavy atom. The molecule has 0 heterocycles. The number of nitrogens with one attached hydrogen (secondary N) is 5. The van der Waals surface area contributed by atoms with Gasteiger partial charge in [-0.3, -0.25) is 20.2 Å². The number of ether oxygens (including phenoxy) is 3. The maximum atomic E-state index is 13.8. The lowest BCUT2D eigenvalue weighted by Gasteiger charge is -2.44. The van der Waals surface area contributed by atoms with Crippen molar-refractivity contribution in [3.63, 3.8) is 0 Å². The number of benzene rings is 3. The van der Waals surface area contributed by atoms with Crippen LogP contribution < -0.4 is 37.1 Å². The second kappa shape index (κ2) is 17.5. The molecular weight excluding hydrogens is 648 g/mol. The quantitative estimate of drug-likeness (QED) is 0.140. The molecule has 0 saturated heterocycles. The number of nitrogens with two attached hydrogens (primary N) is 1. The van der Waals surface area contributed by atoms with Gasteiger partial charge < -0.3 is 41.0 Å². The fourth-order valence-electron chi connectivity index (χ4n) is 5.43. The molecule has 6 amide bonds. The van der Waals surface area contributed by atoms with E-state index in [0.29, 0.717) is 35.7 Å². The van der Waals surface area contributed by atoms with Crippen LogP contribution in [0.1, 0.15) is 31.7 Å². The number of aliphatic hydroxyl groups is 1. The summed E-state index contributed by atoms with van der Waals surface area (Å²) >= 11 is 0. The van der Waals surface area contributed by atoms with Crippen molar-refractivity contribution in [3.05, 3.63) is 90.5 Å². The predicted octanol–water partition coefficient (Wildman–Crippen LogP) is 3.05. The summed E-state index contributed by atoms with van der Waals surface area (Å²) in [5, 5.41) is 24.8. The van der Waals surface area contributed by atoms with E-state index in [-0.39, 0.29) is 6.42 Å². The lowest BCUT2D eigenvalue weighted by molar-refractivity contribution is -0.158. The van der Waals surface area contributed by atoms with Crippen molar-refractivity contribution in [1.29, 1.82) is 0 Å². The van der Waals surface area contributed by atoms with Crippen LogP contribution in [0.4, 0.5) is 25.8 Å². The van der Waals surface area contributed by atoms with Gasteiger partial charge in [0.15, 0.2) is 6.10 Å². The lowest BCUT2D eigenvalue weighted by atomic mass is 9.77. The molecule has 1 aliphatic rings. The number of hydrogen-bond donors (Lipinski definition) is 7. The van der Waals surface area contributed by atoms with E-state index in [1.54, 1.807) is 84.9 Å². The molecule has 50 heavy (non-hydrogen) atoms. The summed E-state index contributed by atoms with van der Waals surface area (Å²) in [5.41, 5.74) is 4.74. The number of primary amides is 1. The van der Waals surface area contributed by atoms with Gasteiger partial charge in [-0.15, -0.1) is 0 Å². The first-order valence-corrected chi connectivity index (χ1v) is 16.0. The Morgan fingerprint density at radius 1 is 0.860 bits per heavy atom. The fourth-order valence-corrected chi connectivity index (χ4v) is 5.43. The second-order valence-electron chi connectivity index (χ2n) is 11.7. The first kappa shape index (κ1) is 37.0. The highest BCUT2D eigenvalue weighted by Crippen LogP contribution is 2.34. The molecule has 8 N–H and O–H groups in total. The van der Waals surface area contributed by atoms with E-state index in [1.165, 1.54) is 7.11 Å². The molecule has 1 fully saturated rings. The zero-order chi connectivity index (χ0) is 36.1. The van der Waals surface area contributed by atoms with Crippen LogP contribution in [0.3, 0.4) is 0 Å². The van der Waals surface area contributed by atoms with Gasteiger partial charge in [0.1, 0.15) is 23.5 Å². The maximum Gasteiger partial charge on any atom is 0.412 e. The third-order valence-corrected chi connectivity index (χ3v) is 7.92. The summed E-state index contributed by atoms with van der Waals surface area (Å²) in [4.78, 5) is 65.4. The molecule has 15 nitrogen and oxygen atoms in total. The number of rotatable bonds is 13. The van der Waals surface area contributed by atoms with Crippen LogP contribution in [0.25, 0.3) is 0 Å². The van der Waals surface area contributed by atoms with E-state index in [9.17, 15) is 29.1 Å². The number of carbonyl (C=O) groups excluding carboxylic acids is 5. The lowest BCUT2D eigenvalue weighted by Crippen LogP contribution is -2.66. The van der Waals surface area contributed by atoms with Gasteiger partial charge in [-0.1, -0.05) is 55.5 Å². The van der Waals surface area contributed by atoms with Gasteiger partial charge in [-0.2, -0.15) is 0 Å². The van der Waals surface area contributed by atoms with Crippen molar-refractivity contribution in [1.82, 2.24) is 16.0 Å². The highest BCUT2D eigenvalue weighted by Gasteiger charge is 2.53. The Labute approximate surface area is 289 Å². The van der Waals surface area contributed by atoms with Crippen LogP contribution in [0.2, 0.25) is 0 Å². The SMILES string of the molecule is CCCNC(=O)N[C@H]1C[C@@](O)(C(=O)N[C@@H](Cc2ccc(OC)cc2)C(N)=O)C[C@@H](OC(=O)Nc2ccccc2)[C@@H]1OC(=O)Nc1ccccc1. The second-order valence-corrected chi connectivity index (χ2v) is 11.7. The molecule has 5 atom stereocenters. The van der Waals surface area contributed by atoms with Crippen molar-refractivity contribution in [2.45, 2.75) is 62.5 Å². The molecule has 4 rings (SSSR count). The summed E-state index contributed by atoms with van der Waals surface area (Å²) in [5.74, 6) is -1.29. The molecule has 0 aliphatic heterocycles. The van der Waals surface area contributed by atoms with E-state index in [4.69, 9.17) is 19.9 Å². The molecule has 0 radical (unpaired) electrons. The molecule has 1 aliphatic carbocycles. The number of para-hydroxylation sites is 2. The zero-order valence-electron chi connectivity index (χ0n) is 27.7. The van der Waals surface area contributed by atoms with Crippen LogP contribution in [0.15, 0.2) is 84.9 Å². The van der Waals surface area contributed by atoms with Gasteiger partial charge in [-0.25, -0.2) is 14.4 Å². The van der Waals surface area contributed by atoms with Crippen molar-refractivity contribution in [3.8, 4) is 5.75 Å². The van der Waals surface area contributed by atoms with Crippen LogP contribution in [-0.2, 0) is 25.5 Å². The Hall–Kier alpha value is -5.83. The normalized spacial score (nSPS) is 20.3. The largest absolute Gasteiger partial charge is 0.497 e. The summed E-state index contributed by atoms with van der Waals surface area (Å²) < 4.78 is 16.6. The van der Waals surface area contributed by atoms with Gasteiger partial charge in [0, 0.05) is 37.2 Å². The molecule has 1 saturated carbocycles. The van der Waals surface area contributed by atoms with Gasteiger partial charge in [-0.05, 0) is 48.4 Å². The van der Waals surface area contributed by atoms with Crippen LogP contribution in [-0.4, -0.2) is 78.7 Å². The predicted molar refractivity (Wildman–Crippen MR) is 183 cm³/mol. The first-order chi connectivity index (χ1) is 24.0. The molecule has 0 spiro atoms. The van der Waals surface area contributed by atoms with Crippen molar-refractivity contribution in [2.24, 2.45) is 5.73 Å². The third-order valence-electron chi connectivity index (χ3n) is 7.92. The average molecular weight is 691 g/mol. The minimum absolute atomic E-state index is 0.00689. The highest BCUT2D eigenvalue weighted by atomic mass is 16.6. The molecule has 0 bridgehead atoms. The van der Waals surface area contributed by atoms with Crippen LogP contribution >= 0.6 is 0 Å². The fraction of sp³-hybridized carbons (Fsp3) is 0.343. The summed E-state index contributed by atoms with van der Waals surface area (Å²) in [6.45, 7) is 2.15.